The van der Waals surface area contributed by atoms with E-state index in [-0.39, 0.29) is 24.0 Å². The van der Waals surface area contributed by atoms with Crippen molar-refractivity contribution in [3.8, 4) is 22.6 Å². The van der Waals surface area contributed by atoms with Crippen LogP contribution in [0.3, 0.4) is 0 Å². The summed E-state index contributed by atoms with van der Waals surface area (Å²) in [7, 11) is 0. The van der Waals surface area contributed by atoms with E-state index < -0.39 is 29.6 Å². The summed E-state index contributed by atoms with van der Waals surface area (Å²) in [5, 5.41) is 0. The molecule has 5 rings (SSSR count). The minimum atomic E-state index is -0.668. The Morgan fingerprint density at radius 2 is 0.962 bits per heavy atom. The molecule has 0 radical (unpaired) electrons. The molecular formula is C47H54O6. The highest BCUT2D eigenvalue weighted by Crippen LogP contribution is 2.57. The van der Waals surface area contributed by atoms with Gasteiger partial charge in [0.15, 0.2) is 0 Å². The predicted octanol–water partition coefficient (Wildman–Crippen LogP) is 10.4. The van der Waals surface area contributed by atoms with Gasteiger partial charge in [-0.2, -0.15) is 0 Å². The van der Waals surface area contributed by atoms with Crippen LogP contribution in [0.4, 0.5) is 0 Å². The van der Waals surface area contributed by atoms with Gasteiger partial charge in [0, 0.05) is 11.1 Å². The van der Waals surface area contributed by atoms with Gasteiger partial charge in [0.2, 0.25) is 0 Å². The molecule has 53 heavy (non-hydrogen) atoms. The summed E-state index contributed by atoms with van der Waals surface area (Å²) in [6.45, 7) is 27.8. The molecule has 4 aromatic rings. The zero-order valence-corrected chi connectivity index (χ0v) is 33.0. The number of ether oxygens (including phenoxy) is 4. The van der Waals surface area contributed by atoms with Crippen molar-refractivity contribution < 1.29 is 28.5 Å². The highest BCUT2D eigenvalue weighted by molar-refractivity contribution is 5.88. The van der Waals surface area contributed by atoms with Gasteiger partial charge in [-0.3, -0.25) is 0 Å². The van der Waals surface area contributed by atoms with E-state index in [0.717, 1.165) is 33.8 Å². The van der Waals surface area contributed by atoms with E-state index in [1.807, 2.05) is 13.8 Å². The lowest BCUT2D eigenvalue weighted by Gasteiger charge is -2.37. The SMILES string of the molecule is C=C(C)C(=O)OC(C)COc1ccc(C2(c3ccc(OCC(C)OC(=O)C(=C)C)c(C(C)(C)C)c3)c3ccccc3-c3ccccc32)cc1C(C)(C)C. The summed E-state index contributed by atoms with van der Waals surface area (Å²) in [4.78, 5) is 24.4. The van der Waals surface area contributed by atoms with Crippen molar-refractivity contribution in [1.29, 1.82) is 0 Å². The maximum absolute atomic E-state index is 12.2. The molecule has 0 fully saturated rings. The predicted molar refractivity (Wildman–Crippen MR) is 213 cm³/mol. The summed E-state index contributed by atoms with van der Waals surface area (Å²) in [6.07, 6.45) is -0.909. The molecule has 0 saturated heterocycles. The summed E-state index contributed by atoms with van der Waals surface area (Å²) >= 11 is 0. The Kier molecular flexibility index (Phi) is 11.1. The van der Waals surface area contributed by atoms with E-state index in [9.17, 15) is 9.59 Å². The van der Waals surface area contributed by atoms with Crippen LogP contribution in [0.2, 0.25) is 0 Å². The zero-order chi connectivity index (χ0) is 38.9. The second-order valence-electron chi connectivity index (χ2n) is 16.4. The van der Waals surface area contributed by atoms with E-state index >= 15 is 0 Å². The quantitative estimate of drug-likeness (QED) is 0.0946. The molecule has 4 aromatic carbocycles. The summed E-state index contributed by atoms with van der Waals surface area (Å²) in [5.41, 5.74) is 8.59. The highest BCUT2D eigenvalue weighted by atomic mass is 16.6. The maximum atomic E-state index is 12.2. The van der Waals surface area contributed by atoms with E-state index in [4.69, 9.17) is 18.9 Å². The smallest absolute Gasteiger partial charge is 0.333 e. The number of rotatable bonds is 12. The topological polar surface area (TPSA) is 71.1 Å². The van der Waals surface area contributed by atoms with E-state index in [2.05, 4.69) is 140 Å². The van der Waals surface area contributed by atoms with Gasteiger partial charge in [-0.15, -0.1) is 0 Å². The van der Waals surface area contributed by atoms with Crippen LogP contribution in [0.15, 0.2) is 109 Å². The fourth-order valence-corrected chi connectivity index (χ4v) is 7.02. The Balaban J connectivity index is 1.68. The minimum absolute atomic E-state index is 0.208. The van der Waals surface area contributed by atoms with Crippen LogP contribution < -0.4 is 9.47 Å². The van der Waals surface area contributed by atoms with Crippen molar-refractivity contribution in [3.05, 3.63) is 143 Å². The molecule has 6 nitrogen and oxygen atoms in total. The Hall–Kier alpha value is -5.10. The molecule has 0 aliphatic heterocycles. The number of carbonyl (C=O) groups is 2. The van der Waals surface area contributed by atoms with Gasteiger partial charge in [0.05, 0.1) is 5.41 Å². The lowest BCUT2D eigenvalue weighted by molar-refractivity contribution is -0.145. The number of fused-ring (bicyclic) bond motifs is 3. The molecule has 0 heterocycles. The zero-order valence-electron chi connectivity index (χ0n) is 33.0. The Morgan fingerprint density at radius 1 is 0.604 bits per heavy atom. The second-order valence-corrected chi connectivity index (χ2v) is 16.4. The van der Waals surface area contributed by atoms with Crippen LogP contribution in [0.25, 0.3) is 11.1 Å². The number of esters is 2. The van der Waals surface area contributed by atoms with Crippen LogP contribution >= 0.6 is 0 Å². The molecule has 0 saturated carbocycles. The van der Waals surface area contributed by atoms with Crippen molar-refractivity contribution >= 4 is 11.9 Å². The first-order valence-corrected chi connectivity index (χ1v) is 18.3. The molecule has 278 valence electrons. The number of hydrogen-bond donors (Lipinski definition) is 0. The molecule has 0 N–H and O–H groups in total. The van der Waals surface area contributed by atoms with Crippen LogP contribution in [-0.2, 0) is 35.3 Å². The average Bonchev–Trinajstić information content (AvgIpc) is 3.40. The van der Waals surface area contributed by atoms with Crippen LogP contribution in [0.1, 0.15) is 103 Å². The van der Waals surface area contributed by atoms with Crippen molar-refractivity contribution in [1.82, 2.24) is 0 Å². The normalized spacial score (nSPS) is 14.3. The molecule has 0 bridgehead atoms. The standard InChI is InChI=1S/C47H54O6/c1-29(2)43(48)52-31(5)27-50-41-23-21-33(25-39(41)45(7,8)9)47(37-19-15-13-17-35(37)36-18-14-16-20-38(36)47)34-22-24-42(40(26-34)46(10,11)12)51-28-32(6)53-44(49)30(3)4/h13-26,31-32H,1,3,27-28H2,2,4-12H3. The summed E-state index contributed by atoms with van der Waals surface area (Å²) < 4.78 is 23.9. The van der Waals surface area contributed by atoms with Gasteiger partial charge in [-0.25, -0.2) is 9.59 Å². The Morgan fingerprint density at radius 3 is 1.30 bits per heavy atom. The molecule has 0 aromatic heterocycles. The molecule has 0 amide bonds. The first-order valence-electron chi connectivity index (χ1n) is 18.3. The number of hydrogen-bond acceptors (Lipinski definition) is 6. The van der Waals surface area contributed by atoms with Gasteiger partial charge in [-0.1, -0.05) is 115 Å². The molecule has 2 atom stereocenters. The van der Waals surface area contributed by atoms with Gasteiger partial charge < -0.3 is 18.9 Å². The Bertz CT molecular complexity index is 1890. The molecule has 1 aliphatic carbocycles. The van der Waals surface area contributed by atoms with Gasteiger partial charge in [0.1, 0.15) is 36.9 Å². The number of benzene rings is 4. The lowest BCUT2D eigenvalue weighted by atomic mass is 9.66. The van der Waals surface area contributed by atoms with Gasteiger partial charge in [0.25, 0.3) is 0 Å². The average molecular weight is 715 g/mol. The first-order chi connectivity index (χ1) is 24.8. The second kappa shape index (κ2) is 15.1. The molecule has 6 heteroatoms. The third-order valence-electron chi connectivity index (χ3n) is 9.65. The van der Waals surface area contributed by atoms with Gasteiger partial charge >= 0.3 is 11.9 Å². The molecule has 0 spiro atoms. The van der Waals surface area contributed by atoms with Crippen molar-refractivity contribution in [2.24, 2.45) is 0 Å². The fraction of sp³-hybridized carbons (Fsp3) is 0.362. The maximum Gasteiger partial charge on any atom is 0.333 e. The van der Waals surface area contributed by atoms with Gasteiger partial charge in [-0.05, 0) is 107 Å². The van der Waals surface area contributed by atoms with E-state index in [1.54, 1.807) is 13.8 Å². The third kappa shape index (κ3) is 7.97. The first kappa shape index (κ1) is 39.1. The van der Waals surface area contributed by atoms with E-state index in [1.165, 1.54) is 22.3 Å². The summed E-state index contributed by atoms with van der Waals surface area (Å²) in [5.74, 6) is 0.629. The molecule has 2 unspecified atom stereocenters. The summed E-state index contributed by atoms with van der Waals surface area (Å²) in [6, 6.07) is 30.4. The fourth-order valence-electron chi connectivity index (χ4n) is 7.02. The largest absolute Gasteiger partial charge is 0.489 e. The van der Waals surface area contributed by atoms with Crippen molar-refractivity contribution in [3.63, 3.8) is 0 Å². The van der Waals surface area contributed by atoms with Crippen LogP contribution in [0, 0.1) is 0 Å². The highest BCUT2D eigenvalue weighted by Gasteiger charge is 2.47. The van der Waals surface area contributed by atoms with Crippen LogP contribution in [-0.4, -0.2) is 37.4 Å². The molecule has 1 aliphatic rings. The van der Waals surface area contributed by atoms with Crippen LogP contribution in [0.5, 0.6) is 11.5 Å². The van der Waals surface area contributed by atoms with E-state index in [0.29, 0.717) is 11.1 Å². The monoisotopic (exact) mass is 714 g/mol. The molecular weight excluding hydrogens is 661 g/mol. The van der Waals surface area contributed by atoms with Crippen molar-refractivity contribution in [2.75, 3.05) is 13.2 Å². The minimum Gasteiger partial charge on any atom is -0.489 e. The van der Waals surface area contributed by atoms with Crippen molar-refractivity contribution in [2.45, 2.75) is 97.7 Å². The Labute approximate surface area is 315 Å². The third-order valence-corrected chi connectivity index (χ3v) is 9.65. The number of carbonyl (C=O) groups excluding carboxylic acids is 2. The lowest BCUT2D eigenvalue weighted by Crippen LogP contribution is -2.30.